The third-order valence-corrected chi connectivity index (χ3v) is 2.95. The second kappa shape index (κ2) is 5.57. The van der Waals surface area contributed by atoms with Gasteiger partial charge in [-0.2, -0.15) is 0 Å². The topological polar surface area (TPSA) is 47.6 Å². The summed E-state index contributed by atoms with van der Waals surface area (Å²) in [6.45, 7) is 5.39. The maximum atomic E-state index is 11.6. The molecule has 0 aromatic heterocycles. The van der Waals surface area contributed by atoms with Crippen molar-refractivity contribution in [3.8, 4) is 5.75 Å². The van der Waals surface area contributed by atoms with Gasteiger partial charge in [-0.1, -0.05) is 6.07 Å². The van der Waals surface area contributed by atoms with E-state index in [1.807, 2.05) is 12.1 Å². The first-order chi connectivity index (χ1) is 7.86. The van der Waals surface area contributed by atoms with E-state index in [0.29, 0.717) is 11.4 Å². The fourth-order valence-electron chi connectivity index (χ4n) is 1.02. The van der Waals surface area contributed by atoms with Crippen LogP contribution in [0.15, 0.2) is 18.2 Å². The minimum Gasteiger partial charge on any atom is -0.494 e. The van der Waals surface area contributed by atoms with Crippen LogP contribution in [0, 0.1) is 8.99 Å². The third kappa shape index (κ3) is 3.76. The summed E-state index contributed by atoms with van der Waals surface area (Å²) in [5, 5.41) is 0. The van der Waals surface area contributed by atoms with E-state index >= 15 is 0 Å². The zero-order valence-electron chi connectivity index (χ0n) is 10.3. The Kier molecular flexibility index (Phi) is 4.62. The van der Waals surface area contributed by atoms with Crippen molar-refractivity contribution < 1.29 is 14.4 Å². The highest BCUT2D eigenvalue weighted by Gasteiger charge is 2.24. The molecule has 0 bridgehead atoms. The van der Waals surface area contributed by atoms with Crippen molar-refractivity contribution in [2.45, 2.75) is 20.8 Å². The number of hydrogen-bond acceptors (Lipinski definition) is 4. The fraction of sp³-hybridized carbons (Fsp3) is 0.417. The van der Waals surface area contributed by atoms with Gasteiger partial charge in [0.2, 0.25) is 0 Å². The van der Waals surface area contributed by atoms with Crippen LogP contribution in [0.3, 0.4) is 0 Å². The molecule has 0 saturated carbocycles. The van der Waals surface area contributed by atoms with Gasteiger partial charge < -0.3 is 9.57 Å². The molecule has 0 aliphatic heterocycles. The summed E-state index contributed by atoms with van der Waals surface area (Å²) >= 11 is 2.14. The molecule has 94 valence electrons. The largest absolute Gasteiger partial charge is 0.494 e. The van der Waals surface area contributed by atoms with E-state index in [1.165, 1.54) is 0 Å². The zero-order chi connectivity index (χ0) is 13.1. The number of methoxy groups -OCH3 is 1. The number of anilines is 1. The Morgan fingerprint density at radius 3 is 2.53 bits per heavy atom. The molecule has 0 atom stereocenters. The molecule has 0 aliphatic rings. The summed E-state index contributed by atoms with van der Waals surface area (Å²) in [4.78, 5) is 16.7. The molecule has 17 heavy (non-hydrogen) atoms. The highest BCUT2D eigenvalue weighted by molar-refractivity contribution is 14.1. The maximum absolute atomic E-state index is 11.6. The lowest BCUT2D eigenvalue weighted by atomic mass is 9.98. The Labute approximate surface area is 115 Å². The monoisotopic (exact) mass is 349 g/mol. The lowest BCUT2D eigenvalue weighted by Gasteiger charge is -2.18. The molecule has 1 aromatic carbocycles. The van der Waals surface area contributed by atoms with Gasteiger partial charge >= 0.3 is 5.97 Å². The Bertz CT molecular complexity index is 413. The third-order valence-electron chi connectivity index (χ3n) is 2.05. The highest BCUT2D eigenvalue weighted by Crippen LogP contribution is 2.29. The number of para-hydroxylation sites is 1. The van der Waals surface area contributed by atoms with Gasteiger partial charge in [0.15, 0.2) is 0 Å². The second-order valence-corrected chi connectivity index (χ2v) is 5.72. The first-order valence-electron chi connectivity index (χ1n) is 5.16. The van der Waals surface area contributed by atoms with Gasteiger partial charge in [0.05, 0.1) is 12.5 Å². The molecule has 0 saturated heterocycles. The number of carbonyl (C=O) groups is 1. The average molecular weight is 349 g/mol. The first-order valence-corrected chi connectivity index (χ1v) is 6.24. The molecular weight excluding hydrogens is 333 g/mol. The van der Waals surface area contributed by atoms with Crippen molar-refractivity contribution >= 4 is 34.2 Å². The number of nitrogens with one attached hydrogen (secondary N) is 1. The summed E-state index contributed by atoms with van der Waals surface area (Å²) in [6, 6.07) is 5.57. The van der Waals surface area contributed by atoms with Crippen LogP contribution in [0.1, 0.15) is 20.8 Å². The summed E-state index contributed by atoms with van der Waals surface area (Å²) < 4.78 is 6.11. The van der Waals surface area contributed by atoms with E-state index in [-0.39, 0.29) is 5.97 Å². The number of carbonyl (C=O) groups excluding carboxylic acids is 1. The summed E-state index contributed by atoms with van der Waals surface area (Å²) in [5.41, 5.74) is 2.78. The Morgan fingerprint density at radius 1 is 1.35 bits per heavy atom. The molecule has 0 spiro atoms. The molecule has 1 N–H and O–H groups in total. The van der Waals surface area contributed by atoms with Crippen molar-refractivity contribution in [1.29, 1.82) is 0 Å². The van der Waals surface area contributed by atoms with Crippen LogP contribution in [-0.4, -0.2) is 13.1 Å². The maximum Gasteiger partial charge on any atom is 0.337 e. The second-order valence-electron chi connectivity index (χ2n) is 4.56. The fourth-order valence-corrected chi connectivity index (χ4v) is 1.61. The van der Waals surface area contributed by atoms with Gasteiger partial charge in [-0.15, -0.1) is 0 Å². The van der Waals surface area contributed by atoms with Crippen LogP contribution >= 0.6 is 22.6 Å². The SMILES string of the molecule is COc1cccc(I)c1NOC(=O)C(C)(C)C. The smallest absolute Gasteiger partial charge is 0.337 e. The minimum absolute atomic E-state index is 0.320. The molecule has 4 nitrogen and oxygen atoms in total. The predicted molar refractivity (Wildman–Crippen MR) is 74.9 cm³/mol. The van der Waals surface area contributed by atoms with Crippen molar-refractivity contribution in [3.63, 3.8) is 0 Å². The molecule has 1 rings (SSSR count). The van der Waals surface area contributed by atoms with Gasteiger partial charge in [-0.3, -0.25) is 0 Å². The first kappa shape index (κ1) is 14.1. The summed E-state index contributed by atoms with van der Waals surface area (Å²) in [6.07, 6.45) is 0. The van der Waals surface area contributed by atoms with E-state index in [2.05, 4.69) is 28.1 Å². The molecule has 0 radical (unpaired) electrons. The number of rotatable bonds is 3. The molecule has 0 fully saturated rings. The molecule has 0 heterocycles. The van der Waals surface area contributed by atoms with Crippen molar-refractivity contribution in [3.05, 3.63) is 21.8 Å². The van der Waals surface area contributed by atoms with Gasteiger partial charge in [-0.05, 0) is 55.5 Å². The van der Waals surface area contributed by atoms with Gasteiger partial charge in [0.1, 0.15) is 11.4 Å². The molecule has 0 unspecified atom stereocenters. The molecule has 0 aliphatic carbocycles. The summed E-state index contributed by atoms with van der Waals surface area (Å²) in [5.74, 6) is 0.317. The predicted octanol–water partition coefficient (Wildman–Crippen LogP) is 3.22. The summed E-state index contributed by atoms with van der Waals surface area (Å²) in [7, 11) is 1.57. The van der Waals surface area contributed by atoms with E-state index in [4.69, 9.17) is 9.57 Å². The zero-order valence-corrected chi connectivity index (χ0v) is 12.5. The Hall–Kier alpha value is -0.980. The Balaban J connectivity index is 2.79. The number of halogens is 1. The lowest BCUT2D eigenvalue weighted by Crippen LogP contribution is -2.25. The van der Waals surface area contributed by atoms with Gasteiger partial charge in [0.25, 0.3) is 0 Å². The van der Waals surface area contributed by atoms with Crippen LogP contribution in [0.5, 0.6) is 5.75 Å². The van der Waals surface area contributed by atoms with E-state index in [1.54, 1.807) is 33.9 Å². The van der Waals surface area contributed by atoms with Crippen LogP contribution < -0.4 is 10.2 Å². The standard InChI is InChI=1S/C12H16INO3/c1-12(2,3)11(15)17-14-10-8(13)6-5-7-9(10)16-4/h5-7,14H,1-4H3. The van der Waals surface area contributed by atoms with Crippen LogP contribution in [0.25, 0.3) is 0 Å². The highest BCUT2D eigenvalue weighted by atomic mass is 127. The molecular formula is C12H16INO3. The molecule has 1 aromatic rings. The van der Waals surface area contributed by atoms with Crippen LogP contribution in [-0.2, 0) is 9.63 Å². The van der Waals surface area contributed by atoms with Crippen molar-refractivity contribution in [1.82, 2.24) is 0 Å². The number of benzene rings is 1. The van der Waals surface area contributed by atoms with Crippen molar-refractivity contribution in [2.24, 2.45) is 5.41 Å². The molecule has 0 amide bonds. The Morgan fingerprint density at radius 2 is 2.00 bits per heavy atom. The van der Waals surface area contributed by atoms with Crippen molar-refractivity contribution in [2.75, 3.05) is 12.6 Å². The normalized spacial score (nSPS) is 10.9. The lowest BCUT2D eigenvalue weighted by molar-refractivity contribution is -0.149. The minimum atomic E-state index is -0.541. The van der Waals surface area contributed by atoms with Gasteiger partial charge in [-0.25, -0.2) is 10.3 Å². The van der Waals surface area contributed by atoms with Gasteiger partial charge in [0, 0.05) is 3.57 Å². The number of hydrogen-bond donors (Lipinski definition) is 1. The number of ether oxygens (including phenoxy) is 1. The average Bonchev–Trinajstić information content (AvgIpc) is 2.25. The van der Waals surface area contributed by atoms with E-state index in [9.17, 15) is 4.79 Å². The van der Waals surface area contributed by atoms with Crippen LogP contribution in [0.4, 0.5) is 5.69 Å². The quantitative estimate of drug-likeness (QED) is 0.673. The molecule has 5 heteroatoms. The van der Waals surface area contributed by atoms with E-state index < -0.39 is 5.41 Å². The van der Waals surface area contributed by atoms with Crippen LogP contribution in [0.2, 0.25) is 0 Å². The van der Waals surface area contributed by atoms with E-state index in [0.717, 1.165) is 3.57 Å².